The number of rotatable bonds is 3. The number of aliphatic hydroxyl groups excluding tert-OH is 1. The lowest BCUT2D eigenvalue weighted by Crippen LogP contribution is -2.40. The van der Waals surface area contributed by atoms with Crippen molar-refractivity contribution in [3.05, 3.63) is 34.1 Å². The second kappa shape index (κ2) is 7.04. The number of benzene rings is 1. The molecule has 1 atom stereocenters. The smallest absolute Gasteiger partial charge is 0.194 e. The lowest BCUT2D eigenvalue weighted by Gasteiger charge is -2.21. The lowest BCUT2D eigenvalue weighted by molar-refractivity contribution is 0.188. The predicted molar refractivity (Wildman–Crippen MR) is 81.1 cm³/mol. The highest BCUT2D eigenvalue weighted by Gasteiger charge is 2.22. The van der Waals surface area contributed by atoms with Crippen molar-refractivity contribution in [2.24, 2.45) is 4.99 Å². The summed E-state index contributed by atoms with van der Waals surface area (Å²) in [5.74, 6) is 0.470. The van der Waals surface area contributed by atoms with Gasteiger partial charge in [0.1, 0.15) is 5.82 Å². The van der Waals surface area contributed by atoms with Crippen LogP contribution >= 0.6 is 15.9 Å². The summed E-state index contributed by atoms with van der Waals surface area (Å²) in [7, 11) is 0. The number of nitrogens with one attached hydrogen (secondary N) is 1. The molecule has 1 aliphatic rings. The number of nitrogens with zero attached hydrogens (tertiary/aromatic N) is 2. The maximum Gasteiger partial charge on any atom is 0.194 e. The molecule has 0 aromatic heterocycles. The molecule has 2 rings (SSSR count). The van der Waals surface area contributed by atoms with Gasteiger partial charge in [0.25, 0.3) is 0 Å². The molecule has 1 aromatic rings. The molecule has 1 aliphatic heterocycles. The van der Waals surface area contributed by atoms with E-state index in [0.29, 0.717) is 12.1 Å². The average molecular weight is 344 g/mol. The van der Waals surface area contributed by atoms with Crippen molar-refractivity contribution in [3.63, 3.8) is 0 Å². The summed E-state index contributed by atoms with van der Waals surface area (Å²) in [6.07, 6.45) is 0.441. The van der Waals surface area contributed by atoms with E-state index in [9.17, 15) is 9.50 Å². The van der Waals surface area contributed by atoms with Crippen LogP contribution < -0.4 is 5.32 Å². The van der Waals surface area contributed by atoms with Crippen molar-refractivity contribution in [1.82, 2.24) is 10.2 Å². The van der Waals surface area contributed by atoms with Gasteiger partial charge in [-0.2, -0.15) is 0 Å². The first-order chi connectivity index (χ1) is 9.60. The van der Waals surface area contributed by atoms with Crippen molar-refractivity contribution in [3.8, 4) is 0 Å². The fourth-order valence-corrected chi connectivity index (χ4v) is 2.59. The Morgan fingerprint density at radius 2 is 2.40 bits per heavy atom. The fraction of sp³-hybridized carbons (Fsp3) is 0.500. The third-order valence-electron chi connectivity index (χ3n) is 3.20. The fourth-order valence-electron chi connectivity index (χ4n) is 2.18. The molecule has 1 aromatic carbocycles. The Kier molecular flexibility index (Phi) is 5.37. The van der Waals surface area contributed by atoms with Crippen LogP contribution in [0.3, 0.4) is 0 Å². The summed E-state index contributed by atoms with van der Waals surface area (Å²) in [4.78, 5) is 6.47. The SMILES string of the molecule is CCNC(=NCc1cc(Br)ccc1F)N1CC[C@@H](O)C1. The van der Waals surface area contributed by atoms with Crippen LogP contribution in [0.4, 0.5) is 4.39 Å². The second-order valence-corrected chi connectivity index (χ2v) is 5.71. The molecule has 0 bridgehead atoms. The van der Waals surface area contributed by atoms with Gasteiger partial charge in [0, 0.05) is 29.7 Å². The number of aliphatic hydroxyl groups is 1. The molecule has 0 amide bonds. The predicted octanol–water partition coefficient (Wildman–Crippen LogP) is 2.12. The van der Waals surface area contributed by atoms with E-state index in [1.54, 1.807) is 12.1 Å². The summed E-state index contributed by atoms with van der Waals surface area (Å²) in [6, 6.07) is 4.84. The number of guanidine groups is 1. The number of hydrogen-bond acceptors (Lipinski definition) is 2. The largest absolute Gasteiger partial charge is 0.391 e. The quantitative estimate of drug-likeness (QED) is 0.652. The maximum absolute atomic E-state index is 13.7. The molecule has 2 N–H and O–H groups in total. The molecule has 0 aliphatic carbocycles. The Balaban J connectivity index is 2.10. The van der Waals surface area contributed by atoms with Gasteiger partial charge < -0.3 is 15.3 Å². The molecule has 4 nitrogen and oxygen atoms in total. The van der Waals surface area contributed by atoms with E-state index < -0.39 is 0 Å². The first-order valence-electron chi connectivity index (χ1n) is 6.75. The molecule has 1 heterocycles. The molecule has 110 valence electrons. The average Bonchev–Trinajstić information content (AvgIpc) is 2.84. The standard InChI is InChI=1S/C14H19BrFN3O/c1-2-17-14(19-6-5-12(20)9-19)18-8-10-7-11(15)3-4-13(10)16/h3-4,7,12,20H,2,5-6,8-9H2,1H3,(H,17,18)/t12-/m1/s1. The molecule has 1 saturated heterocycles. The van der Waals surface area contributed by atoms with E-state index in [1.165, 1.54) is 6.07 Å². The lowest BCUT2D eigenvalue weighted by atomic mass is 10.2. The molecular formula is C14H19BrFN3O. The monoisotopic (exact) mass is 343 g/mol. The van der Waals surface area contributed by atoms with E-state index in [0.717, 1.165) is 29.9 Å². The van der Waals surface area contributed by atoms with Gasteiger partial charge in [0.2, 0.25) is 0 Å². The Bertz CT molecular complexity index is 495. The molecule has 0 radical (unpaired) electrons. The summed E-state index contributed by atoms with van der Waals surface area (Å²) in [5.41, 5.74) is 0.550. The topological polar surface area (TPSA) is 47.9 Å². The molecule has 6 heteroatoms. The number of aliphatic imine (C=N–C) groups is 1. The van der Waals surface area contributed by atoms with Crippen LogP contribution in [0.1, 0.15) is 18.9 Å². The Morgan fingerprint density at radius 1 is 1.60 bits per heavy atom. The first-order valence-corrected chi connectivity index (χ1v) is 7.54. The van der Waals surface area contributed by atoms with Gasteiger partial charge in [-0.3, -0.25) is 0 Å². The van der Waals surface area contributed by atoms with Crippen LogP contribution in [-0.4, -0.2) is 41.7 Å². The van der Waals surface area contributed by atoms with Crippen molar-refractivity contribution >= 4 is 21.9 Å². The van der Waals surface area contributed by atoms with Crippen LogP contribution in [0.5, 0.6) is 0 Å². The molecule has 1 fully saturated rings. The zero-order valence-electron chi connectivity index (χ0n) is 11.4. The zero-order valence-corrected chi connectivity index (χ0v) is 13.0. The molecule has 0 unspecified atom stereocenters. The van der Waals surface area contributed by atoms with Crippen LogP contribution in [0.2, 0.25) is 0 Å². The molecule has 0 spiro atoms. The summed E-state index contributed by atoms with van der Waals surface area (Å²) in [6.45, 7) is 4.36. The summed E-state index contributed by atoms with van der Waals surface area (Å²) < 4.78 is 14.5. The van der Waals surface area contributed by atoms with Gasteiger partial charge in [0.15, 0.2) is 5.96 Å². The van der Waals surface area contributed by atoms with Crippen molar-refractivity contribution in [2.45, 2.75) is 26.0 Å². The van der Waals surface area contributed by atoms with Crippen LogP contribution in [0, 0.1) is 5.82 Å². The minimum Gasteiger partial charge on any atom is -0.391 e. The Labute approximate surface area is 126 Å². The van der Waals surface area contributed by atoms with Crippen molar-refractivity contribution < 1.29 is 9.50 Å². The van der Waals surface area contributed by atoms with Gasteiger partial charge in [-0.1, -0.05) is 15.9 Å². The second-order valence-electron chi connectivity index (χ2n) is 4.79. The molecular weight excluding hydrogens is 325 g/mol. The van der Waals surface area contributed by atoms with E-state index in [2.05, 4.69) is 26.2 Å². The first kappa shape index (κ1) is 15.3. The van der Waals surface area contributed by atoms with E-state index >= 15 is 0 Å². The summed E-state index contributed by atoms with van der Waals surface area (Å²) in [5, 5.41) is 12.8. The highest BCUT2D eigenvalue weighted by atomic mass is 79.9. The summed E-state index contributed by atoms with van der Waals surface area (Å²) >= 11 is 3.33. The minimum absolute atomic E-state index is 0.255. The van der Waals surface area contributed by atoms with E-state index in [1.807, 2.05) is 11.8 Å². The van der Waals surface area contributed by atoms with E-state index in [-0.39, 0.29) is 18.5 Å². The van der Waals surface area contributed by atoms with Gasteiger partial charge in [0.05, 0.1) is 12.6 Å². The van der Waals surface area contributed by atoms with Crippen molar-refractivity contribution in [1.29, 1.82) is 0 Å². The third-order valence-corrected chi connectivity index (χ3v) is 3.70. The minimum atomic E-state index is -0.304. The van der Waals surface area contributed by atoms with Crippen molar-refractivity contribution in [2.75, 3.05) is 19.6 Å². The number of likely N-dealkylation sites (tertiary alicyclic amines) is 1. The van der Waals surface area contributed by atoms with Gasteiger partial charge in [-0.25, -0.2) is 9.38 Å². The maximum atomic E-state index is 13.7. The van der Waals surface area contributed by atoms with Crippen LogP contribution in [0.25, 0.3) is 0 Å². The zero-order chi connectivity index (χ0) is 14.5. The van der Waals surface area contributed by atoms with E-state index in [4.69, 9.17) is 0 Å². The van der Waals surface area contributed by atoms with Gasteiger partial charge in [-0.15, -0.1) is 0 Å². The van der Waals surface area contributed by atoms with Gasteiger partial charge in [-0.05, 0) is 31.5 Å². The normalized spacial score (nSPS) is 19.5. The van der Waals surface area contributed by atoms with Gasteiger partial charge >= 0.3 is 0 Å². The third kappa shape index (κ3) is 3.93. The Hall–Kier alpha value is -1.14. The molecule has 0 saturated carbocycles. The highest BCUT2D eigenvalue weighted by Crippen LogP contribution is 2.17. The highest BCUT2D eigenvalue weighted by molar-refractivity contribution is 9.10. The Morgan fingerprint density at radius 3 is 3.05 bits per heavy atom. The van der Waals surface area contributed by atoms with Crippen LogP contribution in [-0.2, 0) is 6.54 Å². The van der Waals surface area contributed by atoms with Crippen LogP contribution in [0.15, 0.2) is 27.7 Å². The number of hydrogen-bond donors (Lipinski definition) is 2. The number of halogens is 2. The molecule has 20 heavy (non-hydrogen) atoms. The number of β-amino-alcohol motifs (C(OH)–C–C–N with tert-alkyl or cyclic N) is 1.